The van der Waals surface area contributed by atoms with Gasteiger partial charge in [-0.3, -0.25) is 4.90 Å². The summed E-state index contributed by atoms with van der Waals surface area (Å²) in [5, 5.41) is 10.3. The fourth-order valence-electron chi connectivity index (χ4n) is 6.20. The number of benzene rings is 3. The number of fused-ring (bicyclic) bond motifs is 2. The van der Waals surface area contributed by atoms with Crippen molar-refractivity contribution in [3.05, 3.63) is 86.6 Å². The van der Waals surface area contributed by atoms with E-state index in [1.807, 2.05) is 30.3 Å². The molecule has 3 aromatic carbocycles. The zero-order chi connectivity index (χ0) is 28.8. The average molecular weight is 653 g/mol. The molecule has 1 N–H and O–H groups in total. The Kier molecular flexibility index (Phi) is 7.60. The summed E-state index contributed by atoms with van der Waals surface area (Å²) in [7, 11) is 0. The summed E-state index contributed by atoms with van der Waals surface area (Å²) in [6, 6.07) is 17.3. The number of halogens is 2. The van der Waals surface area contributed by atoms with Crippen LogP contribution in [0.1, 0.15) is 58.6 Å². The molecule has 1 aromatic heterocycles. The first-order valence-corrected chi connectivity index (χ1v) is 15.5. The number of rotatable bonds is 7. The molecule has 4 heterocycles. The van der Waals surface area contributed by atoms with Crippen molar-refractivity contribution >= 4 is 44.5 Å². The predicted octanol–water partition coefficient (Wildman–Crippen LogP) is 6.83. The summed E-state index contributed by atoms with van der Waals surface area (Å²) in [6.07, 6.45) is 2.96. The van der Waals surface area contributed by atoms with E-state index in [9.17, 15) is 9.90 Å². The number of likely N-dealkylation sites (tertiary alicyclic amines) is 1. The highest BCUT2D eigenvalue weighted by molar-refractivity contribution is 9.10. The number of hydrogen-bond acceptors (Lipinski definition) is 6. The first-order valence-electron chi connectivity index (χ1n) is 14.4. The van der Waals surface area contributed by atoms with Crippen LogP contribution in [0.3, 0.4) is 0 Å². The van der Waals surface area contributed by atoms with Gasteiger partial charge in [-0.25, -0.2) is 9.78 Å². The molecule has 0 aliphatic carbocycles. The molecule has 10 heteroatoms. The van der Waals surface area contributed by atoms with Gasteiger partial charge >= 0.3 is 5.97 Å². The summed E-state index contributed by atoms with van der Waals surface area (Å²) < 4.78 is 21.3. The van der Waals surface area contributed by atoms with Crippen molar-refractivity contribution in [2.45, 2.75) is 50.5 Å². The van der Waals surface area contributed by atoms with Gasteiger partial charge in [0, 0.05) is 21.7 Å². The Morgan fingerprint density at radius 2 is 1.88 bits per heavy atom. The summed E-state index contributed by atoms with van der Waals surface area (Å²) in [6.45, 7) is 4.44. The second-order valence-corrected chi connectivity index (χ2v) is 12.5. The summed E-state index contributed by atoms with van der Waals surface area (Å²) in [5.41, 5.74) is 4.11. The van der Waals surface area contributed by atoms with E-state index in [0.29, 0.717) is 35.1 Å². The van der Waals surface area contributed by atoms with Gasteiger partial charge in [0.1, 0.15) is 17.9 Å². The van der Waals surface area contributed by atoms with Gasteiger partial charge in [-0.1, -0.05) is 35.9 Å². The second-order valence-electron chi connectivity index (χ2n) is 11.2. The molecule has 2 saturated heterocycles. The van der Waals surface area contributed by atoms with Crippen LogP contribution in [0.25, 0.3) is 11.0 Å². The first-order chi connectivity index (χ1) is 20.4. The first kappa shape index (κ1) is 27.7. The number of hydrogen-bond donors (Lipinski definition) is 1. The van der Waals surface area contributed by atoms with Crippen LogP contribution in [-0.4, -0.2) is 57.9 Å². The zero-order valence-corrected chi connectivity index (χ0v) is 25.3. The number of para-hydroxylation sites is 1. The van der Waals surface area contributed by atoms with Crippen molar-refractivity contribution in [1.82, 2.24) is 14.5 Å². The van der Waals surface area contributed by atoms with Gasteiger partial charge in [0.2, 0.25) is 0 Å². The average Bonchev–Trinajstić information content (AvgIpc) is 3.32. The minimum atomic E-state index is -0.952. The number of aromatic carboxylic acids is 1. The van der Waals surface area contributed by atoms with Crippen molar-refractivity contribution in [2.75, 3.05) is 26.3 Å². The lowest BCUT2D eigenvalue weighted by molar-refractivity contribution is -0.0592. The van der Waals surface area contributed by atoms with Crippen LogP contribution in [0.5, 0.6) is 11.5 Å². The van der Waals surface area contributed by atoms with Crippen LogP contribution in [0, 0.1) is 0 Å². The molecule has 0 bridgehead atoms. The van der Waals surface area contributed by atoms with Crippen molar-refractivity contribution in [3.63, 3.8) is 0 Å². The van der Waals surface area contributed by atoms with Crippen molar-refractivity contribution in [2.24, 2.45) is 0 Å². The molecule has 0 radical (unpaired) electrons. The van der Waals surface area contributed by atoms with E-state index >= 15 is 0 Å². The van der Waals surface area contributed by atoms with Gasteiger partial charge in [-0.2, -0.15) is 0 Å². The highest BCUT2D eigenvalue weighted by Crippen LogP contribution is 2.44. The standard InChI is InChI=1S/C32H31BrClN3O5/c33-25-14-21(32(38)39)15-26-30(25)35-29(37(26)16-23-10-13-40-23)17-36-11-8-19(9-12-36)24-2-1-3-27-31(24)41-18-28(42-27)20-4-6-22(34)7-5-20/h1-7,14-15,19,23,28H,8-13,16-18H2,(H,38,39)/t23-,28-/m0/s1. The minimum Gasteiger partial charge on any atom is -0.485 e. The van der Waals surface area contributed by atoms with Crippen LogP contribution >= 0.6 is 27.5 Å². The van der Waals surface area contributed by atoms with Crippen molar-refractivity contribution in [3.8, 4) is 11.5 Å². The van der Waals surface area contributed by atoms with E-state index in [-0.39, 0.29) is 17.8 Å². The Morgan fingerprint density at radius 3 is 2.60 bits per heavy atom. The zero-order valence-electron chi connectivity index (χ0n) is 23.0. The second kappa shape index (κ2) is 11.5. The van der Waals surface area contributed by atoms with E-state index in [4.69, 9.17) is 30.8 Å². The van der Waals surface area contributed by atoms with Crippen molar-refractivity contribution < 1.29 is 24.1 Å². The van der Waals surface area contributed by atoms with Gasteiger partial charge in [0.05, 0.1) is 30.3 Å². The summed E-state index contributed by atoms with van der Waals surface area (Å²) in [5.74, 6) is 2.01. The number of carboxylic acid groups (broad SMARTS) is 1. The number of nitrogens with zero attached hydrogens (tertiary/aromatic N) is 3. The van der Waals surface area contributed by atoms with E-state index in [1.165, 1.54) is 5.56 Å². The Bertz CT molecular complexity index is 1630. The normalized spacial score (nSPS) is 20.9. The lowest BCUT2D eigenvalue weighted by Crippen LogP contribution is -2.35. The molecular formula is C32H31BrClN3O5. The van der Waals surface area contributed by atoms with Gasteiger partial charge in [0.15, 0.2) is 17.6 Å². The SMILES string of the molecule is O=C(O)c1cc(Br)c2nc(CN3CCC(c4cccc5c4OC[C@@H](c4ccc(Cl)cc4)O5)CC3)n(C[C@@H]3CCO3)c2c1. The molecule has 2 atom stereocenters. The third-order valence-electron chi connectivity index (χ3n) is 8.60. The fraction of sp³-hybridized carbons (Fsp3) is 0.375. The van der Waals surface area contributed by atoms with Crippen LogP contribution in [0.15, 0.2) is 59.1 Å². The highest BCUT2D eigenvalue weighted by atomic mass is 79.9. The van der Waals surface area contributed by atoms with Gasteiger partial charge < -0.3 is 23.9 Å². The summed E-state index contributed by atoms with van der Waals surface area (Å²) >= 11 is 9.62. The number of ether oxygens (including phenoxy) is 3. The third-order valence-corrected chi connectivity index (χ3v) is 9.46. The molecule has 218 valence electrons. The molecule has 8 nitrogen and oxygen atoms in total. The number of piperidine rings is 1. The summed E-state index contributed by atoms with van der Waals surface area (Å²) in [4.78, 5) is 19.2. The molecule has 7 rings (SSSR count). The number of imidazole rings is 1. The van der Waals surface area contributed by atoms with Crippen LogP contribution < -0.4 is 9.47 Å². The van der Waals surface area contributed by atoms with Crippen LogP contribution in [0.4, 0.5) is 0 Å². The maximum Gasteiger partial charge on any atom is 0.335 e. The quantitative estimate of drug-likeness (QED) is 0.234. The number of aromatic nitrogens is 2. The van der Waals surface area contributed by atoms with E-state index < -0.39 is 5.97 Å². The Balaban J connectivity index is 1.06. The monoisotopic (exact) mass is 651 g/mol. The molecule has 42 heavy (non-hydrogen) atoms. The van der Waals surface area contributed by atoms with E-state index in [0.717, 1.165) is 72.9 Å². The maximum absolute atomic E-state index is 11.7. The largest absolute Gasteiger partial charge is 0.485 e. The molecule has 0 spiro atoms. The Morgan fingerprint density at radius 1 is 1.10 bits per heavy atom. The molecule has 3 aliphatic rings. The molecule has 0 amide bonds. The third kappa shape index (κ3) is 5.39. The number of carboxylic acids is 1. The Labute approximate surface area is 257 Å². The Hall–Kier alpha value is -3.11. The van der Waals surface area contributed by atoms with E-state index in [2.05, 4.69) is 37.5 Å². The van der Waals surface area contributed by atoms with Gasteiger partial charge in [-0.15, -0.1) is 0 Å². The fourth-order valence-corrected chi connectivity index (χ4v) is 6.87. The molecule has 2 fully saturated rings. The lowest BCUT2D eigenvalue weighted by atomic mass is 9.88. The molecular weight excluding hydrogens is 622 g/mol. The van der Waals surface area contributed by atoms with Crippen molar-refractivity contribution in [1.29, 1.82) is 0 Å². The lowest BCUT2D eigenvalue weighted by Gasteiger charge is -2.35. The van der Waals surface area contributed by atoms with Crippen LogP contribution in [0.2, 0.25) is 5.02 Å². The maximum atomic E-state index is 11.7. The van der Waals surface area contributed by atoms with Crippen LogP contribution in [-0.2, 0) is 17.8 Å². The van der Waals surface area contributed by atoms with Gasteiger partial charge in [-0.05, 0) is 90.1 Å². The topological polar surface area (TPSA) is 86.0 Å². The molecule has 4 aromatic rings. The van der Waals surface area contributed by atoms with E-state index in [1.54, 1.807) is 12.1 Å². The predicted molar refractivity (Wildman–Crippen MR) is 163 cm³/mol. The molecule has 0 saturated carbocycles. The smallest absolute Gasteiger partial charge is 0.335 e. The van der Waals surface area contributed by atoms with Gasteiger partial charge in [0.25, 0.3) is 0 Å². The highest BCUT2D eigenvalue weighted by Gasteiger charge is 2.30. The minimum absolute atomic E-state index is 0.130. The number of carbonyl (C=O) groups is 1. The molecule has 0 unspecified atom stereocenters. The molecule has 3 aliphatic heterocycles.